The maximum atomic E-state index is 11.9. The van der Waals surface area contributed by atoms with Gasteiger partial charge in [-0.15, -0.1) is 0 Å². The van der Waals surface area contributed by atoms with E-state index in [1.807, 2.05) is 0 Å². The summed E-state index contributed by atoms with van der Waals surface area (Å²) in [5.74, 6) is -0.943. The first-order valence-electron chi connectivity index (χ1n) is 7.58. The van der Waals surface area contributed by atoms with Gasteiger partial charge in [0.2, 0.25) is 11.8 Å². The van der Waals surface area contributed by atoms with Gasteiger partial charge in [-0.3, -0.25) is 19.1 Å². The molecular weight excluding hydrogens is 346 g/mol. The van der Waals surface area contributed by atoms with Gasteiger partial charge in [0.05, 0.1) is 11.9 Å². The zero-order chi connectivity index (χ0) is 18.2. The maximum absolute atomic E-state index is 11.9. The molecule has 0 aliphatic carbocycles. The van der Waals surface area contributed by atoms with Gasteiger partial charge in [-0.2, -0.15) is 5.10 Å². The number of nitrogens with zero attached hydrogens (tertiary/aromatic N) is 2. The first-order chi connectivity index (χ1) is 11.9. The van der Waals surface area contributed by atoms with Crippen molar-refractivity contribution in [1.29, 1.82) is 0 Å². The van der Waals surface area contributed by atoms with Gasteiger partial charge in [0, 0.05) is 29.7 Å². The molecule has 8 nitrogen and oxygen atoms in total. The highest BCUT2D eigenvalue weighted by molar-refractivity contribution is 6.30. The van der Waals surface area contributed by atoms with Crippen LogP contribution in [-0.4, -0.2) is 34.0 Å². The fourth-order valence-electron chi connectivity index (χ4n) is 2.05. The molecule has 0 spiro atoms. The molecule has 1 aromatic carbocycles. The van der Waals surface area contributed by atoms with E-state index in [1.54, 1.807) is 24.3 Å². The number of amides is 3. The van der Waals surface area contributed by atoms with E-state index in [1.165, 1.54) is 17.1 Å². The smallest absolute Gasteiger partial charge is 0.251 e. The first-order valence-corrected chi connectivity index (χ1v) is 7.96. The van der Waals surface area contributed by atoms with Crippen LogP contribution in [0.5, 0.6) is 0 Å². The van der Waals surface area contributed by atoms with Crippen molar-refractivity contribution < 1.29 is 14.4 Å². The number of halogens is 1. The van der Waals surface area contributed by atoms with E-state index in [2.05, 4.69) is 15.7 Å². The van der Waals surface area contributed by atoms with Crippen LogP contribution in [-0.2, 0) is 16.1 Å². The van der Waals surface area contributed by atoms with E-state index in [0.29, 0.717) is 29.2 Å². The Morgan fingerprint density at radius 2 is 1.92 bits per heavy atom. The lowest BCUT2D eigenvalue weighted by Crippen LogP contribution is -2.25. The zero-order valence-electron chi connectivity index (χ0n) is 13.4. The molecule has 2 aromatic rings. The van der Waals surface area contributed by atoms with Crippen molar-refractivity contribution in [2.75, 3.05) is 11.9 Å². The average molecular weight is 364 g/mol. The second-order valence-corrected chi connectivity index (χ2v) is 5.74. The van der Waals surface area contributed by atoms with E-state index < -0.39 is 5.91 Å². The van der Waals surface area contributed by atoms with Crippen molar-refractivity contribution >= 4 is 35.0 Å². The fraction of sp³-hybridized carbons (Fsp3) is 0.250. The molecule has 4 N–H and O–H groups in total. The molecule has 3 amide bonds. The number of nitrogens with two attached hydrogens (primary N) is 1. The molecule has 0 saturated heterocycles. The zero-order valence-corrected chi connectivity index (χ0v) is 14.1. The fourth-order valence-corrected chi connectivity index (χ4v) is 2.18. The number of anilines is 1. The van der Waals surface area contributed by atoms with Gasteiger partial charge in [0.25, 0.3) is 5.91 Å². The Balaban J connectivity index is 1.68. The predicted molar refractivity (Wildman–Crippen MR) is 93.1 cm³/mol. The van der Waals surface area contributed by atoms with Crippen molar-refractivity contribution in [3.8, 4) is 0 Å². The Hall–Kier alpha value is -2.87. The lowest BCUT2D eigenvalue weighted by Gasteiger charge is -2.05. The monoisotopic (exact) mass is 363 g/mol. The minimum atomic E-state index is -0.516. The molecule has 0 aliphatic heterocycles. The van der Waals surface area contributed by atoms with E-state index in [4.69, 9.17) is 17.3 Å². The number of rotatable bonds is 8. The Morgan fingerprint density at radius 3 is 2.60 bits per heavy atom. The quantitative estimate of drug-likeness (QED) is 0.610. The first kappa shape index (κ1) is 18.5. The molecule has 0 fully saturated rings. The molecule has 0 unspecified atom stereocenters. The van der Waals surface area contributed by atoms with Gasteiger partial charge < -0.3 is 16.4 Å². The summed E-state index contributed by atoms with van der Waals surface area (Å²) in [5, 5.41) is 9.86. The van der Waals surface area contributed by atoms with Gasteiger partial charge in [0.1, 0.15) is 6.54 Å². The van der Waals surface area contributed by atoms with Crippen LogP contribution in [0.15, 0.2) is 36.7 Å². The highest BCUT2D eigenvalue weighted by atomic mass is 35.5. The number of primary amides is 1. The molecule has 2 rings (SSSR count). The molecule has 0 saturated carbocycles. The number of nitrogens with one attached hydrogen (secondary N) is 2. The summed E-state index contributed by atoms with van der Waals surface area (Å²) in [6.07, 6.45) is 3.68. The number of aromatic nitrogens is 2. The molecule has 0 bridgehead atoms. The van der Waals surface area contributed by atoms with Crippen LogP contribution in [0.1, 0.15) is 23.2 Å². The standard InChI is InChI=1S/C16H18ClN5O3/c17-12-5-3-11(4-6-12)16(25)19-7-1-2-15(24)21-13-8-20-22(9-13)10-14(18)23/h3-6,8-9H,1-2,7,10H2,(H2,18,23)(H,19,25)(H,21,24). The third-order valence-corrected chi connectivity index (χ3v) is 3.46. The van der Waals surface area contributed by atoms with E-state index in [9.17, 15) is 14.4 Å². The molecule has 132 valence electrons. The van der Waals surface area contributed by atoms with Gasteiger partial charge in [-0.05, 0) is 30.7 Å². The average Bonchev–Trinajstić information content (AvgIpc) is 2.98. The molecule has 1 aromatic heterocycles. The molecule has 0 aliphatic rings. The number of carbonyl (C=O) groups excluding carboxylic acids is 3. The van der Waals surface area contributed by atoms with E-state index in [-0.39, 0.29) is 24.8 Å². The van der Waals surface area contributed by atoms with E-state index in [0.717, 1.165) is 0 Å². The number of hydrogen-bond acceptors (Lipinski definition) is 4. The number of benzene rings is 1. The third kappa shape index (κ3) is 6.27. The number of carbonyl (C=O) groups is 3. The lowest BCUT2D eigenvalue weighted by molar-refractivity contribution is -0.118. The summed E-state index contributed by atoms with van der Waals surface area (Å²) in [7, 11) is 0. The largest absolute Gasteiger partial charge is 0.368 e. The normalized spacial score (nSPS) is 10.3. The molecule has 25 heavy (non-hydrogen) atoms. The topological polar surface area (TPSA) is 119 Å². The summed E-state index contributed by atoms with van der Waals surface area (Å²) in [6.45, 7) is 0.322. The Bertz CT molecular complexity index is 757. The number of hydrogen-bond donors (Lipinski definition) is 3. The van der Waals surface area contributed by atoms with Crippen molar-refractivity contribution in [2.24, 2.45) is 5.73 Å². The van der Waals surface area contributed by atoms with Crippen LogP contribution < -0.4 is 16.4 Å². The Kier molecular flexibility index (Phi) is 6.53. The van der Waals surface area contributed by atoms with Gasteiger partial charge in [-0.1, -0.05) is 11.6 Å². The Morgan fingerprint density at radius 1 is 1.20 bits per heavy atom. The summed E-state index contributed by atoms with van der Waals surface area (Å²) >= 11 is 5.77. The summed E-state index contributed by atoms with van der Waals surface area (Å²) in [4.78, 5) is 34.5. The Labute approximate surface area is 149 Å². The molecular formula is C16H18ClN5O3. The third-order valence-electron chi connectivity index (χ3n) is 3.21. The summed E-state index contributed by atoms with van der Waals surface area (Å²) < 4.78 is 1.34. The second kappa shape index (κ2) is 8.84. The SMILES string of the molecule is NC(=O)Cn1cc(NC(=O)CCCNC(=O)c2ccc(Cl)cc2)cn1. The van der Waals surface area contributed by atoms with Gasteiger partial charge >= 0.3 is 0 Å². The van der Waals surface area contributed by atoms with Crippen molar-refractivity contribution in [3.63, 3.8) is 0 Å². The summed E-state index contributed by atoms with van der Waals surface area (Å²) in [6, 6.07) is 6.55. The predicted octanol–water partition coefficient (Wildman–Crippen LogP) is 1.17. The maximum Gasteiger partial charge on any atom is 0.251 e. The van der Waals surface area contributed by atoms with Crippen LogP contribution in [0.4, 0.5) is 5.69 Å². The molecule has 1 heterocycles. The highest BCUT2D eigenvalue weighted by Crippen LogP contribution is 2.09. The van der Waals surface area contributed by atoms with Gasteiger partial charge in [0.15, 0.2) is 0 Å². The van der Waals surface area contributed by atoms with Crippen LogP contribution in [0.3, 0.4) is 0 Å². The van der Waals surface area contributed by atoms with Gasteiger partial charge in [-0.25, -0.2) is 0 Å². The second-order valence-electron chi connectivity index (χ2n) is 5.31. The van der Waals surface area contributed by atoms with Crippen molar-refractivity contribution in [1.82, 2.24) is 15.1 Å². The van der Waals surface area contributed by atoms with Crippen LogP contribution in [0, 0.1) is 0 Å². The summed E-state index contributed by atoms with van der Waals surface area (Å²) in [5.41, 5.74) is 6.05. The van der Waals surface area contributed by atoms with Crippen LogP contribution in [0.2, 0.25) is 5.02 Å². The van der Waals surface area contributed by atoms with Crippen LogP contribution >= 0.6 is 11.6 Å². The van der Waals surface area contributed by atoms with Crippen molar-refractivity contribution in [3.05, 3.63) is 47.2 Å². The van der Waals surface area contributed by atoms with Crippen molar-refractivity contribution in [2.45, 2.75) is 19.4 Å². The lowest BCUT2D eigenvalue weighted by atomic mass is 10.2. The van der Waals surface area contributed by atoms with Crippen LogP contribution in [0.25, 0.3) is 0 Å². The minimum absolute atomic E-state index is 0.0490. The molecule has 9 heteroatoms. The molecule has 0 radical (unpaired) electrons. The highest BCUT2D eigenvalue weighted by Gasteiger charge is 2.07. The van der Waals surface area contributed by atoms with E-state index >= 15 is 0 Å². The minimum Gasteiger partial charge on any atom is -0.368 e. The molecule has 0 atom stereocenters.